The summed E-state index contributed by atoms with van der Waals surface area (Å²) in [4.78, 5) is 10.4. The Kier molecular flexibility index (Phi) is 4.57. The molecule has 0 amide bonds. The molecule has 0 radical (unpaired) electrons. The normalized spacial score (nSPS) is 17.2. The largest absolute Gasteiger partial charge is 0.492 e. The molecule has 29 heavy (non-hydrogen) atoms. The van der Waals surface area contributed by atoms with Crippen molar-refractivity contribution in [3.05, 3.63) is 58.9 Å². The highest BCUT2D eigenvalue weighted by molar-refractivity contribution is 7.17. The van der Waals surface area contributed by atoms with E-state index < -0.39 is 0 Å². The molecule has 0 bridgehead atoms. The van der Waals surface area contributed by atoms with Crippen molar-refractivity contribution in [2.45, 2.75) is 6.04 Å². The van der Waals surface area contributed by atoms with Gasteiger partial charge in [-0.2, -0.15) is 9.50 Å². The number of hydrogen-bond donors (Lipinski definition) is 1. The Balaban J connectivity index is 1.57. The zero-order valence-corrected chi connectivity index (χ0v) is 16.6. The average Bonchev–Trinajstić information content (AvgIpc) is 3.44. The van der Waals surface area contributed by atoms with Gasteiger partial charge >= 0.3 is 0 Å². The molecule has 1 fully saturated rings. The van der Waals surface area contributed by atoms with Gasteiger partial charge in [0.1, 0.15) is 5.82 Å². The van der Waals surface area contributed by atoms with E-state index in [4.69, 9.17) is 4.42 Å². The first-order valence-electron chi connectivity index (χ1n) is 9.40. The molecule has 1 N–H and O–H groups in total. The molecule has 5 rings (SSSR count). The minimum absolute atomic E-state index is 0.0589. The highest BCUT2D eigenvalue weighted by Crippen LogP contribution is 2.40. The van der Waals surface area contributed by atoms with Crippen molar-refractivity contribution >= 4 is 16.3 Å². The Bertz CT molecular complexity index is 1110. The van der Waals surface area contributed by atoms with Gasteiger partial charge in [-0.25, -0.2) is 4.39 Å². The van der Waals surface area contributed by atoms with Crippen LogP contribution >= 0.6 is 11.3 Å². The maximum Gasteiger partial charge on any atom is 0.230 e. The van der Waals surface area contributed by atoms with Crippen LogP contribution in [0, 0.1) is 5.82 Å². The summed E-state index contributed by atoms with van der Waals surface area (Å²) < 4.78 is 20.3. The number of piperazine rings is 1. The number of aromatic nitrogens is 3. The van der Waals surface area contributed by atoms with Gasteiger partial charge in [0.05, 0.1) is 17.2 Å². The summed E-state index contributed by atoms with van der Waals surface area (Å²) in [6.45, 7) is 3.57. The molecule has 150 valence electrons. The molecule has 1 aliphatic rings. The smallest absolute Gasteiger partial charge is 0.230 e. The fraction of sp³-hybridized carbons (Fsp3) is 0.300. The summed E-state index contributed by atoms with van der Waals surface area (Å²) in [5.74, 6) is 0.765. The average molecular weight is 413 g/mol. The monoisotopic (exact) mass is 413 g/mol. The third kappa shape index (κ3) is 3.31. The van der Waals surface area contributed by atoms with Crippen LogP contribution in [-0.2, 0) is 0 Å². The van der Waals surface area contributed by atoms with Gasteiger partial charge in [-0.3, -0.25) is 4.90 Å². The Morgan fingerprint density at radius 3 is 2.55 bits per heavy atom. The van der Waals surface area contributed by atoms with E-state index in [-0.39, 0.29) is 17.7 Å². The lowest BCUT2D eigenvalue weighted by Gasteiger charge is -2.37. The first-order valence-corrected chi connectivity index (χ1v) is 10.2. The molecule has 1 aromatic carbocycles. The van der Waals surface area contributed by atoms with Gasteiger partial charge in [-0.1, -0.05) is 23.5 Å². The maximum absolute atomic E-state index is 13.5. The van der Waals surface area contributed by atoms with E-state index in [0.29, 0.717) is 16.5 Å². The van der Waals surface area contributed by atoms with E-state index in [9.17, 15) is 9.50 Å². The van der Waals surface area contributed by atoms with Crippen molar-refractivity contribution in [1.29, 1.82) is 0 Å². The number of hydrogen-bond acceptors (Lipinski definition) is 7. The Morgan fingerprint density at radius 2 is 1.90 bits per heavy atom. The molecule has 1 atom stereocenters. The molecule has 4 aromatic rings. The second-order valence-electron chi connectivity index (χ2n) is 7.19. The zero-order valence-electron chi connectivity index (χ0n) is 15.8. The molecule has 0 unspecified atom stereocenters. The van der Waals surface area contributed by atoms with Crippen molar-refractivity contribution in [1.82, 2.24) is 24.4 Å². The lowest BCUT2D eigenvalue weighted by Crippen LogP contribution is -2.46. The highest BCUT2D eigenvalue weighted by atomic mass is 32.1. The van der Waals surface area contributed by atoms with Crippen LogP contribution < -0.4 is 0 Å². The van der Waals surface area contributed by atoms with Crippen LogP contribution in [0.25, 0.3) is 16.5 Å². The molecular weight excluding hydrogens is 393 g/mol. The molecule has 1 saturated heterocycles. The van der Waals surface area contributed by atoms with E-state index in [1.807, 2.05) is 0 Å². The summed E-state index contributed by atoms with van der Waals surface area (Å²) >= 11 is 1.39. The van der Waals surface area contributed by atoms with E-state index in [1.54, 1.807) is 30.5 Å². The zero-order chi connectivity index (χ0) is 20.0. The first kappa shape index (κ1) is 18.3. The maximum atomic E-state index is 13.5. The molecule has 7 nitrogen and oxygen atoms in total. The van der Waals surface area contributed by atoms with Crippen molar-refractivity contribution in [2.24, 2.45) is 0 Å². The third-order valence-corrected chi connectivity index (χ3v) is 6.35. The lowest BCUT2D eigenvalue weighted by molar-refractivity contribution is 0.127. The first-order chi connectivity index (χ1) is 14.1. The fourth-order valence-corrected chi connectivity index (χ4v) is 4.81. The van der Waals surface area contributed by atoms with E-state index in [1.165, 1.54) is 28.0 Å². The number of halogens is 1. The van der Waals surface area contributed by atoms with Gasteiger partial charge in [0.2, 0.25) is 16.7 Å². The van der Waals surface area contributed by atoms with Crippen molar-refractivity contribution < 1.29 is 13.9 Å². The molecule has 0 saturated carbocycles. The second-order valence-corrected chi connectivity index (χ2v) is 8.20. The van der Waals surface area contributed by atoms with Crippen molar-refractivity contribution in [2.75, 3.05) is 33.2 Å². The highest BCUT2D eigenvalue weighted by Gasteiger charge is 2.31. The number of benzene rings is 1. The minimum atomic E-state index is -0.277. The molecule has 9 heteroatoms. The molecular formula is C20H20FN5O2S. The van der Waals surface area contributed by atoms with Gasteiger partial charge in [0, 0.05) is 26.2 Å². The summed E-state index contributed by atoms with van der Waals surface area (Å²) in [6, 6.07) is 9.84. The molecule has 1 aliphatic heterocycles. The molecule has 0 aliphatic carbocycles. The van der Waals surface area contributed by atoms with E-state index in [2.05, 4.69) is 26.9 Å². The van der Waals surface area contributed by atoms with Gasteiger partial charge in [0.15, 0.2) is 5.76 Å². The third-order valence-electron chi connectivity index (χ3n) is 5.28. The van der Waals surface area contributed by atoms with Gasteiger partial charge in [-0.05, 0) is 36.9 Å². The van der Waals surface area contributed by atoms with Gasteiger partial charge < -0.3 is 14.4 Å². The van der Waals surface area contributed by atoms with Crippen LogP contribution in [0.4, 0.5) is 4.39 Å². The number of nitrogens with zero attached hydrogens (tertiary/aromatic N) is 5. The quantitative estimate of drug-likeness (QED) is 0.554. The molecule has 3 aromatic heterocycles. The second kappa shape index (κ2) is 7.25. The predicted molar refractivity (Wildman–Crippen MR) is 108 cm³/mol. The van der Waals surface area contributed by atoms with E-state index >= 15 is 0 Å². The number of rotatable bonds is 4. The SMILES string of the molecule is CN1CCN([C@@H](c2ccc(F)cc2)c2sc3nc(-c4ccco4)nn3c2O)CC1. The number of furan rings is 1. The lowest BCUT2D eigenvalue weighted by atomic mass is 10.0. The van der Waals surface area contributed by atoms with Crippen LogP contribution in [0.5, 0.6) is 5.88 Å². The van der Waals surface area contributed by atoms with Crippen molar-refractivity contribution in [3.8, 4) is 17.5 Å². The number of thiazole rings is 1. The summed E-state index contributed by atoms with van der Waals surface area (Å²) in [7, 11) is 2.10. The fourth-order valence-electron chi connectivity index (χ4n) is 3.69. The molecule has 4 heterocycles. The topological polar surface area (TPSA) is 70.0 Å². The van der Waals surface area contributed by atoms with Crippen LogP contribution in [0.1, 0.15) is 16.5 Å². The summed E-state index contributed by atoms with van der Waals surface area (Å²) in [6.07, 6.45) is 1.56. The minimum Gasteiger partial charge on any atom is -0.492 e. The summed E-state index contributed by atoms with van der Waals surface area (Å²) in [5.41, 5.74) is 0.932. The number of aromatic hydroxyl groups is 1. The molecule has 0 spiro atoms. The predicted octanol–water partition coefficient (Wildman–Crippen LogP) is 3.23. The van der Waals surface area contributed by atoms with Gasteiger partial charge in [0.25, 0.3) is 0 Å². The van der Waals surface area contributed by atoms with Crippen LogP contribution in [0.15, 0.2) is 47.1 Å². The van der Waals surface area contributed by atoms with Gasteiger partial charge in [-0.15, -0.1) is 5.10 Å². The Hall–Kier alpha value is -2.75. The number of fused-ring (bicyclic) bond motifs is 1. The Morgan fingerprint density at radius 1 is 1.14 bits per heavy atom. The van der Waals surface area contributed by atoms with Crippen LogP contribution in [-0.4, -0.2) is 62.7 Å². The Labute approximate surface area is 170 Å². The van der Waals surface area contributed by atoms with E-state index in [0.717, 1.165) is 36.6 Å². The summed E-state index contributed by atoms with van der Waals surface area (Å²) in [5, 5.41) is 15.4. The van der Waals surface area contributed by atoms with Crippen LogP contribution in [0.3, 0.4) is 0 Å². The van der Waals surface area contributed by atoms with Crippen LogP contribution in [0.2, 0.25) is 0 Å². The van der Waals surface area contributed by atoms with Crippen molar-refractivity contribution in [3.63, 3.8) is 0 Å². The standard InChI is InChI=1S/C20H20FN5O2S/c1-24-8-10-25(11-9-24)16(13-4-6-14(21)7-5-13)17-19(27)26-20(29-17)22-18(23-26)15-3-2-12-28-15/h2-7,12,16,27H,8-11H2,1H3/t16-/m0/s1. The number of likely N-dealkylation sites (N-methyl/N-ethyl adjacent to an activating group) is 1.